The Labute approximate surface area is 91.2 Å². The summed E-state index contributed by atoms with van der Waals surface area (Å²) in [5.41, 5.74) is 6.57. The van der Waals surface area contributed by atoms with Crippen molar-refractivity contribution < 1.29 is 9.47 Å². The van der Waals surface area contributed by atoms with Crippen LogP contribution in [-0.4, -0.2) is 19.8 Å². The van der Waals surface area contributed by atoms with Gasteiger partial charge in [0.05, 0.1) is 19.8 Å². The quantitative estimate of drug-likeness (QED) is 0.778. The summed E-state index contributed by atoms with van der Waals surface area (Å²) in [5.74, 6) is 0.863. The first kappa shape index (κ1) is 12.0. The number of methoxy groups -OCH3 is 1. The van der Waals surface area contributed by atoms with Gasteiger partial charge >= 0.3 is 0 Å². The second-order valence-corrected chi connectivity index (χ2v) is 3.55. The maximum absolute atomic E-state index is 5.63. The molecule has 1 aromatic carbocycles. The van der Waals surface area contributed by atoms with Crippen LogP contribution >= 0.6 is 0 Å². The average molecular weight is 209 g/mol. The lowest BCUT2D eigenvalue weighted by molar-refractivity contribution is 0.0491. The van der Waals surface area contributed by atoms with Crippen LogP contribution in [0.4, 0.5) is 0 Å². The minimum absolute atomic E-state index is 0.209. The topological polar surface area (TPSA) is 44.5 Å². The van der Waals surface area contributed by atoms with E-state index in [0.717, 1.165) is 17.7 Å². The molecule has 3 heteroatoms. The van der Waals surface area contributed by atoms with Gasteiger partial charge in [0, 0.05) is 0 Å². The Morgan fingerprint density at radius 2 is 2.20 bits per heavy atom. The molecule has 2 N–H and O–H groups in total. The molecule has 15 heavy (non-hydrogen) atoms. The Morgan fingerprint density at radius 3 is 2.87 bits per heavy atom. The first-order valence-corrected chi connectivity index (χ1v) is 5.21. The lowest BCUT2D eigenvalue weighted by Gasteiger charge is -2.12. The van der Waals surface area contributed by atoms with Gasteiger partial charge in [-0.1, -0.05) is 12.1 Å². The number of hydrogen-bond donors (Lipinski definition) is 1. The van der Waals surface area contributed by atoms with E-state index in [-0.39, 0.29) is 6.10 Å². The molecule has 3 nitrogen and oxygen atoms in total. The highest BCUT2D eigenvalue weighted by Gasteiger charge is 2.01. The first-order chi connectivity index (χ1) is 7.26. The molecule has 84 valence electrons. The van der Waals surface area contributed by atoms with Crippen molar-refractivity contribution in [3.05, 3.63) is 29.8 Å². The van der Waals surface area contributed by atoms with Crippen LogP contribution in [0.1, 0.15) is 18.9 Å². The van der Waals surface area contributed by atoms with Crippen LogP contribution in [0.3, 0.4) is 0 Å². The van der Waals surface area contributed by atoms with Crippen LogP contribution in [0, 0.1) is 0 Å². The summed E-state index contributed by atoms with van der Waals surface area (Å²) in [4.78, 5) is 0. The van der Waals surface area contributed by atoms with Crippen molar-refractivity contribution in [1.29, 1.82) is 0 Å². The molecule has 0 spiro atoms. The third-order valence-corrected chi connectivity index (χ3v) is 2.24. The van der Waals surface area contributed by atoms with Gasteiger partial charge in [-0.05, 0) is 37.6 Å². The molecule has 0 heterocycles. The zero-order chi connectivity index (χ0) is 11.1. The molecule has 0 saturated heterocycles. The molecule has 0 radical (unpaired) electrons. The second-order valence-electron chi connectivity index (χ2n) is 3.55. The van der Waals surface area contributed by atoms with Crippen molar-refractivity contribution in [1.82, 2.24) is 0 Å². The summed E-state index contributed by atoms with van der Waals surface area (Å²) in [7, 11) is 1.66. The van der Waals surface area contributed by atoms with Crippen LogP contribution in [-0.2, 0) is 11.3 Å². The summed E-state index contributed by atoms with van der Waals surface area (Å²) < 4.78 is 10.8. The lowest BCUT2D eigenvalue weighted by atomic mass is 10.2. The van der Waals surface area contributed by atoms with Crippen molar-refractivity contribution in [2.45, 2.75) is 26.1 Å². The summed E-state index contributed by atoms with van der Waals surface area (Å²) in [6.45, 7) is 3.31. The fourth-order valence-corrected chi connectivity index (χ4v) is 1.32. The van der Waals surface area contributed by atoms with Crippen LogP contribution in [0.25, 0.3) is 0 Å². The van der Waals surface area contributed by atoms with Gasteiger partial charge in [-0.25, -0.2) is 0 Å². The van der Waals surface area contributed by atoms with Crippen molar-refractivity contribution in [3.63, 3.8) is 0 Å². The van der Waals surface area contributed by atoms with Crippen LogP contribution in [0.2, 0.25) is 0 Å². The van der Waals surface area contributed by atoms with Gasteiger partial charge in [0.2, 0.25) is 0 Å². The van der Waals surface area contributed by atoms with Gasteiger partial charge in [0.15, 0.2) is 0 Å². The maximum Gasteiger partial charge on any atom is 0.119 e. The minimum Gasteiger partial charge on any atom is -0.497 e. The Balaban J connectivity index is 2.43. The van der Waals surface area contributed by atoms with Gasteiger partial charge in [-0.3, -0.25) is 0 Å². The first-order valence-electron chi connectivity index (χ1n) is 5.21. The van der Waals surface area contributed by atoms with Gasteiger partial charge < -0.3 is 15.2 Å². The third-order valence-electron chi connectivity index (χ3n) is 2.24. The number of hydrogen-bond acceptors (Lipinski definition) is 3. The molecule has 1 atom stereocenters. The molecule has 0 aliphatic heterocycles. The molecule has 0 aromatic heterocycles. The van der Waals surface area contributed by atoms with E-state index in [2.05, 4.69) is 0 Å². The Kier molecular flexibility index (Phi) is 5.15. The molecule has 1 unspecified atom stereocenters. The molecule has 0 saturated carbocycles. The monoisotopic (exact) mass is 209 g/mol. The van der Waals surface area contributed by atoms with E-state index in [4.69, 9.17) is 15.2 Å². The Bertz CT molecular complexity index is 289. The number of benzene rings is 1. The van der Waals surface area contributed by atoms with Gasteiger partial charge in [0.25, 0.3) is 0 Å². The minimum atomic E-state index is 0.209. The summed E-state index contributed by atoms with van der Waals surface area (Å²) in [5, 5.41) is 0. The number of nitrogens with two attached hydrogens (primary N) is 1. The normalized spacial score (nSPS) is 12.5. The van der Waals surface area contributed by atoms with Crippen LogP contribution in [0.15, 0.2) is 24.3 Å². The zero-order valence-corrected chi connectivity index (χ0v) is 9.40. The summed E-state index contributed by atoms with van der Waals surface area (Å²) in [6.07, 6.45) is 1.10. The standard InChI is InChI=1S/C12H19NO2/c1-10(6-7-13)15-9-11-4-3-5-12(8-11)14-2/h3-5,8,10H,6-7,9,13H2,1-2H3. The average Bonchev–Trinajstić information content (AvgIpc) is 2.27. The van der Waals surface area contributed by atoms with Crippen molar-refractivity contribution in [2.24, 2.45) is 5.73 Å². The smallest absolute Gasteiger partial charge is 0.119 e. The molecular formula is C12H19NO2. The third kappa shape index (κ3) is 4.32. The van der Waals surface area contributed by atoms with E-state index < -0.39 is 0 Å². The van der Waals surface area contributed by atoms with Gasteiger partial charge in [-0.15, -0.1) is 0 Å². The summed E-state index contributed by atoms with van der Waals surface area (Å²) >= 11 is 0. The second kappa shape index (κ2) is 6.43. The number of ether oxygens (including phenoxy) is 2. The van der Waals surface area contributed by atoms with Crippen molar-refractivity contribution >= 4 is 0 Å². The van der Waals surface area contributed by atoms with E-state index >= 15 is 0 Å². The zero-order valence-electron chi connectivity index (χ0n) is 9.40. The van der Waals surface area contributed by atoms with E-state index in [1.165, 1.54) is 0 Å². The Morgan fingerprint density at radius 1 is 1.40 bits per heavy atom. The summed E-state index contributed by atoms with van der Waals surface area (Å²) in [6, 6.07) is 7.89. The van der Waals surface area contributed by atoms with E-state index in [0.29, 0.717) is 13.2 Å². The predicted octanol–water partition coefficient (Wildman–Crippen LogP) is 1.95. The van der Waals surface area contributed by atoms with Gasteiger partial charge in [0.1, 0.15) is 5.75 Å². The maximum atomic E-state index is 5.63. The molecule has 1 rings (SSSR count). The predicted molar refractivity (Wildman–Crippen MR) is 60.9 cm³/mol. The molecular weight excluding hydrogens is 190 g/mol. The molecule has 0 bridgehead atoms. The molecule has 0 aliphatic rings. The SMILES string of the molecule is COc1cccc(COC(C)CCN)c1. The van der Waals surface area contributed by atoms with Crippen LogP contribution in [0.5, 0.6) is 5.75 Å². The molecule has 1 aromatic rings. The van der Waals surface area contributed by atoms with Crippen LogP contribution < -0.4 is 10.5 Å². The fourth-order valence-electron chi connectivity index (χ4n) is 1.32. The Hall–Kier alpha value is -1.06. The molecule has 0 aliphatic carbocycles. The molecule has 0 amide bonds. The highest BCUT2D eigenvalue weighted by molar-refractivity contribution is 5.27. The highest BCUT2D eigenvalue weighted by Crippen LogP contribution is 2.14. The van der Waals surface area contributed by atoms with E-state index in [1.807, 2.05) is 31.2 Å². The lowest BCUT2D eigenvalue weighted by Crippen LogP contribution is -2.13. The van der Waals surface area contributed by atoms with E-state index in [9.17, 15) is 0 Å². The van der Waals surface area contributed by atoms with Crippen molar-refractivity contribution in [2.75, 3.05) is 13.7 Å². The largest absolute Gasteiger partial charge is 0.497 e. The number of rotatable bonds is 6. The van der Waals surface area contributed by atoms with Crippen molar-refractivity contribution in [3.8, 4) is 5.75 Å². The highest BCUT2D eigenvalue weighted by atomic mass is 16.5. The van der Waals surface area contributed by atoms with E-state index in [1.54, 1.807) is 7.11 Å². The molecule has 0 fully saturated rings. The fraction of sp³-hybridized carbons (Fsp3) is 0.500. The van der Waals surface area contributed by atoms with Gasteiger partial charge in [-0.2, -0.15) is 0 Å².